The van der Waals surface area contributed by atoms with Gasteiger partial charge in [-0.3, -0.25) is 9.59 Å². The van der Waals surface area contributed by atoms with E-state index in [9.17, 15) is 18.4 Å². The summed E-state index contributed by atoms with van der Waals surface area (Å²) in [5.41, 5.74) is 0. The molecular weight excluding hydrogens is 223 g/mol. The van der Waals surface area contributed by atoms with Crippen LogP contribution in [0.3, 0.4) is 0 Å². The van der Waals surface area contributed by atoms with Crippen LogP contribution in [0.4, 0.5) is 0 Å². The summed E-state index contributed by atoms with van der Waals surface area (Å²) in [6.45, 7) is 0. The molecule has 1 unspecified atom stereocenters. The van der Waals surface area contributed by atoms with Crippen LogP contribution in [0.1, 0.15) is 25.7 Å². The molecule has 0 aromatic rings. The van der Waals surface area contributed by atoms with Crippen LogP contribution in [0, 0.1) is 0 Å². The number of carbonyl (C=O) groups excluding carboxylic acids is 1. The quantitative estimate of drug-likeness (QED) is 0.297. The predicted octanol–water partition coefficient (Wildman–Crippen LogP) is -3.03. The zero-order valence-electron chi connectivity index (χ0n) is 7.73. The Kier molecular flexibility index (Phi) is 11.3. The van der Waals surface area contributed by atoms with E-state index in [1.54, 1.807) is 0 Å². The largest absolute Gasteiger partial charge is 1.00 e. The molecule has 6 nitrogen and oxygen atoms in total. The van der Waals surface area contributed by atoms with Gasteiger partial charge in [-0.2, -0.15) is 0 Å². The van der Waals surface area contributed by atoms with Crippen molar-refractivity contribution in [2.45, 2.75) is 25.7 Å². The Hall–Kier alpha value is 0.0500. The van der Waals surface area contributed by atoms with Crippen molar-refractivity contribution in [2.75, 3.05) is 0 Å². The minimum atomic E-state index is -2.83. The van der Waals surface area contributed by atoms with E-state index in [2.05, 4.69) is 4.18 Å². The van der Waals surface area contributed by atoms with Crippen LogP contribution < -0.4 is 29.6 Å². The molecule has 1 N–H and O–H groups in total. The number of carboxylic acids is 1. The van der Waals surface area contributed by atoms with Crippen molar-refractivity contribution in [3.8, 4) is 0 Å². The molecule has 0 radical (unpaired) electrons. The summed E-state index contributed by atoms with van der Waals surface area (Å²) in [5.74, 6) is -1.81. The second-order valence-electron chi connectivity index (χ2n) is 2.26. The molecule has 76 valence electrons. The number of carbonyl (C=O) groups is 2. The summed E-state index contributed by atoms with van der Waals surface area (Å²) in [5, 5.41) is 8.21. The van der Waals surface area contributed by atoms with E-state index in [4.69, 9.17) is 5.11 Å². The summed E-state index contributed by atoms with van der Waals surface area (Å²) in [6, 6.07) is 0. The number of hydrogen-bond acceptors (Lipinski definition) is 5. The molecule has 0 amide bonds. The third-order valence-electron chi connectivity index (χ3n) is 1.18. The van der Waals surface area contributed by atoms with Gasteiger partial charge in [-0.1, -0.05) is 0 Å². The SMILES string of the molecule is O=C(O)CCCCC(=O)OS(=O)[O-].[Na+]. The molecule has 0 saturated heterocycles. The van der Waals surface area contributed by atoms with E-state index in [1.165, 1.54) is 0 Å². The van der Waals surface area contributed by atoms with Gasteiger partial charge < -0.3 is 13.8 Å². The Morgan fingerprint density at radius 1 is 1.29 bits per heavy atom. The van der Waals surface area contributed by atoms with Gasteiger partial charge >= 0.3 is 41.5 Å². The number of hydrogen-bond donors (Lipinski definition) is 1. The normalized spacial score (nSPS) is 11.2. The minimum absolute atomic E-state index is 0. The molecule has 0 aromatic carbocycles. The predicted molar refractivity (Wildman–Crippen MR) is 41.1 cm³/mol. The van der Waals surface area contributed by atoms with Crippen molar-refractivity contribution in [3.05, 3.63) is 0 Å². The summed E-state index contributed by atoms with van der Waals surface area (Å²) in [7, 11) is 0. The van der Waals surface area contributed by atoms with E-state index in [-0.39, 0.29) is 42.4 Å². The molecule has 1 atom stereocenters. The molecule has 0 fully saturated rings. The van der Waals surface area contributed by atoms with Crippen LogP contribution in [0.25, 0.3) is 0 Å². The van der Waals surface area contributed by atoms with Gasteiger partial charge in [-0.15, -0.1) is 0 Å². The standard InChI is InChI=1S/C6H10O6S.Na/c7-5(8)3-1-2-4-6(9)12-13(10)11;/h1-4H2,(H,7,8)(H,10,11);/q;+1/p-1. The third-order valence-corrected chi connectivity index (χ3v) is 1.50. The van der Waals surface area contributed by atoms with Gasteiger partial charge in [0.05, 0.1) is 0 Å². The summed E-state index contributed by atoms with van der Waals surface area (Å²) < 4.78 is 23.4. The molecular formula is C6H9NaO6S. The maximum atomic E-state index is 10.5. The van der Waals surface area contributed by atoms with E-state index in [0.717, 1.165) is 0 Å². The molecule has 0 saturated carbocycles. The maximum absolute atomic E-state index is 10.5. The Bertz CT molecular complexity index is 218. The molecule has 0 aliphatic rings. The fraction of sp³-hybridized carbons (Fsp3) is 0.667. The first kappa shape index (κ1) is 16.5. The minimum Gasteiger partial charge on any atom is -0.740 e. The molecule has 8 heteroatoms. The fourth-order valence-corrected chi connectivity index (χ4v) is 0.898. The van der Waals surface area contributed by atoms with Gasteiger partial charge in [0, 0.05) is 12.8 Å². The number of rotatable bonds is 6. The van der Waals surface area contributed by atoms with E-state index >= 15 is 0 Å². The number of unbranched alkanes of at least 4 members (excludes halogenated alkanes) is 1. The summed E-state index contributed by atoms with van der Waals surface area (Å²) in [4.78, 5) is 20.5. The first-order valence-corrected chi connectivity index (χ1v) is 4.54. The zero-order valence-corrected chi connectivity index (χ0v) is 10.5. The number of aliphatic carboxylic acids is 1. The summed E-state index contributed by atoms with van der Waals surface area (Å²) >= 11 is -2.83. The molecule has 0 aromatic heterocycles. The van der Waals surface area contributed by atoms with Gasteiger partial charge in [0.15, 0.2) is 0 Å². The molecule has 0 aliphatic carbocycles. The van der Waals surface area contributed by atoms with Crippen molar-refractivity contribution in [1.82, 2.24) is 0 Å². The Balaban J connectivity index is 0. The molecule has 14 heavy (non-hydrogen) atoms. The Labute approximate surface area is 106 Å². The number of carboxylic acid groups (broad SMARTS) is 1. The molecule has 0 spiro atoms. The molecule has 0 heterocycles. The third kappa shape index (κ3) is 12.0. The fourth-order valence-electron chi connectivity index (χ4n) is 0.663. The summed E-state index contributed by atoms with van der Waals surface area (Å²) in [6.07, 6.45) is 0.521. The first-order valence-electron chi connectivity index (χ1n) is 3.54. The molecule has 0 rings (SSSR count). The van der Waals surface area contributed by atoms with E-state index < -0.39 is 23.3 Å². The topological polar surface area (TPSA) is 104 Å². The van der Waals surface area contributed by atoms with Gasteiger partial charge in [-0.25, -0.2) is 4.21 Å². The van der Waals surface area contributed by atoms with Crippen LogP contribution in [0.15, 0.2) is 0 Å². The van der Waals surface area contributed by atoms with Gasteiger partial charge in [0.2, 0.25) is 0 Å². The maximum Gasteiger partial charge on any atom is 1.00 e. The molecule has 0 bridgehead atoms. The van der Waals surface area contributed by atoms with Gasteiger partial charge in [0.25, 0.3) is 0 Å². The van der Waals surface area contributed by atoms with Crippen LogP contribution in [0.5, 0.6) is 0 Å². The van der Waals surface area contributed by atoms with Crippen molar-refractivity contribution in [1.29, 1.82) is 0 Å². The smallest absolute Gasteiger partial charge is 0.740 e. The first-order chi connectivity index (χ1) is 6.02. The second-order valence-corrected chi connectivity index (χ2v) is 2.84. The van der Waals surface area contributed by atoms with Crippen LogP contribution in [-0.2, 0) is 25.1 Å². The van der Waals surface area contributed by atoms with Crippen LogP contribution in [-0.4, -0.2) is 25.8 Å². The van der Waals surface area contributed by atoms with E-state index in [1.807, 2.05) is 0 Å². The molecule has 0 aliphatic heterocycles. The average Bonchev–Trinajstić information content (AvgIpc) is 1.96. The Morgan fingerprint density at radius 3 is 2.21 bits per heavy atom. The second kappa shape index (κ2) is 9.60. The van der Waals surface area contributed by atoms with Crippen LogP contribution >= 0.6 is 0 Å². The van der Waals surface area contributed by atoms with Crippen LogP contribution in [0.2, 0.25) is 0 Å². The van der Waals surface area contributed by atoms with E-state index in [0.29, 0.717) is 12.8 Å². The van der Waals surface area contributed by atoms with Crippen molar-refractivity contribution < 1.29 is 57.2 Å². The zero-order chi connectivity index (χ0) is 10.3. The average molecular weight is 232 g/mol. The monoisotopic (exact) mass is 232 g/mol. The van der Waals surface area contributed by atoms with Gasteiger partial charge in [-0.05, 0) is 12.8 Å². The van der Waals surface area contributed by atoms with Gasteiger partial charge in [0.1, 0.15) is 11.4 Å². The Morgan fingerprint density at radius 2 is 1.79 bits per heavy atom. The van der Waals surface area contributed by atoms with Crippen molar-refractivity contribution >= 4 is 23.3 Å². The van der Waals surface area contributed by atoms with Crippen molar-refractivity contribution in [3.63, 3.8) is 0 Å². The van der Waals surface area contributed by atoms with Crippen molar-refractivity contribution in [2.24, 2.45) is 0 Å².